The molecule has 0 aromatic heterocycles. The van der Waals surface area contributed by atoms with Crippen LogP contribution in [0.25, 0.3) is 0 Å². The van der Waals surface area contributed by atoms with Crippen molar-refractivity contribution in [1.29, 1.82) is 0 Å². The predicted molar refractivity (Wildman–Crippen MR) is 312 cm³/mol. The molecular formula is C66H128O6. The first kappa shape index (κ1) is 70.4. The van der Waals surface area contributed by atoms with Gasteiger partial charge in [-0.3, -0.25) is 14.4 Å². The zero-order valence-corrected chi connectivity index (χ0v) is 49.2. The number of carbonyl (C=O) groups is 3. The lowest BCUT2D eigenvalue weighted by Gasteiger charge is -2.18. The molecule has 0 aliphatic heterocycles. The summed E-state index contributed by atoms with van der Waals surface area (Å²) in [6.45, 7) is 6.74. The minimum atomic E-state index is -0.762. The van der Waals surface area contributed by atoms with Crippen molar-refractivity contribution >= 4 is 17.9 Å². The van der Waals surface area contributed by atoms with Gasteiger partial charge in [0.05, 0.1) is 0 Å². The highest BCUT2D eigenvalue weighted by molar-refractivity contribution is 5.71. The highest BCUT2D eigenvalue weighted by Gasteiger charge is 2.19. The molecule has 1 atom stereocenters. The Morgan fingerprint density at radius 3 is 0.556 bits per heavy atom. The Morgan fingerprint density at radius 1 is 0.222 bits per heavy atom. The van der Waals surface area contributed by atoms with E-state index in [1.807, 2.05) is 0 Å². The van der Waals surface area contributed by atoms with Gasteiger partial charge in [0.2, 0.25) is 0 Å². The normalized spacial score (nSPS) is 11.9. The molecule has 0 amide bonds. The molecule has 0 N–H and O–H groups in total. The van der Waals surface area contributed by atoms with Gasteiger partial charge in [-0.2, -0.15) is 0 Å². The number of ether oxygens (including phenoxy) is 3. The zero-order chi connectivity index (χ0) is 52.2. The number of rotatable bonds is 62. The van der Waals surface area contributed by atoms with Gasteiger partial charge in [-0.15, -0.1) is 0 Å². The molecule has 0 heterocycles. The van der Waals surface area contributed by atoms with E-state index < -0.39 is 6.10 Å². The largest absolute Gasteiger partial charge is 0.462 e. The minimum Gasteiger partial charge on any atom is -0.462 e. The molecule has 0 spiro atoms. The lowest BCUT2D eigenvalue weighted by Crippen LogP contribution is -2.30. The van der Waals surface area contributed by atoms with Crippen molar-refractivity contribution in [3.63, 3.8) is 0 Å². The maximum absolute atomic E-state index is 12.9. The maximum Gasteiger partial charge on any atom is 0.306 e. The first-order chi connectivity index (χ1) is 35.5. The monoisotopic (exact) mass is 1020 g/mol. The smallest absolute Gasteiger partial charge is 0.306 e. The van der Waals surface area contributed by atoms with Gasteiger partial charge in [0, 0.05) is 19.3 Å². The minimum absolute atomic E-state index is 0.0603. The number of carbonyl (C=O) groups excluding carboxylic acids is 3. The Morgan fingerprint density at radius 2 is 0.375 bits per heavy atom. The average molecular weight is 1020 g/mol. The Bertz CT molecular complexity index is 1080. The van der Waals surface area contributed by atoms with Crippen LogP contribution in [0.2, 0.25) is 0 Å². The summed E-state index contributed by atoms with van der Waals surface area (Å²) in [5, 5.41) is 0. The summed E-state index contributed by atoms with van der Waals surface area (Å²) in [4.78, 5) is 38.4. The second-order valence-electron chi connectivity index (χ2n) is 22.8. The zero-order valence-electron chi connectivity index (χ0n) is 49.2. The van der Waals surface area contributed by atoms with E-state index >= 15 is 0 Å². The molecule has 0 rings (SSSR count). The van der Waals surface area contributed by atoms with E-state index in [0.717, 1.165) is 57.8 Å². The fourth-order valence-corrected chi connectivity index (χ4v) is 10.4. The van der Waals surface area contributed by atoms with Gasteiger partial charge >= 0.3 is 17.9 Å². The fraction of sp³-hybridized carbons (Fsp3) is 0.955. The van der Waals surface area contributed by atoms with E-state index in [1.54, 1.807) is 0 Å². The van der Waals surface area contributed by atoms with Crippen molar-refractivity contribution < 1.29 is 28.6 Å². The summed E-state index contributed by atoms with van der Waals surface area (Å²) in [5.74, 6) is -0.821. The van der Waals surface area contributed by atoms with Crippen LogP contribution >= 0.6 is 0 Å². The molecule has 0 aliphatic rings. The summed E-state index contributed by atoms with van der Waals surface area (Å²) in [6.07, 6.45) is 71.1. The number of hydrogen-bond acceptors (Lipinski definition) is 6. The van der Waals surface area contributed by atoms with Crippen molar-refractivity contribution in [2.24, 2.45) is 0 Å². The summed E-state index contributed by atoms with van der Waals surface area (Å²) < 4.78 is 17.0. The van der Waals surface area contributed by atoms with Crippen LogP contribution < -0.4 is 0 Å². The van der Waals surface area contributed by atoms with Crippen LogP contribution in [-0.2, 0) is 28.6 Å². The van der Waals surface area contributed by atoms with Crippen molar-refractivity contribution in [1.82, 2.24) is 0 Å². The molecule has 0 aliphatic carbocycles. The summed E-state index contributed by atoms with van der Waals surface area (Å²) >= 11 is 0. The number of esters is 3. The molecule has 428 valence electrons. The summed E-state index contributed by atoms with van der Waals surface area (Å²) in [6, 6.07) is 0. The molecule has 0 unspecified atom stereocenters. The van der Waals surface area contributed by atoms with E-state index in [-0.39, 0.29) is 31.1 Å². The van der Waals surface area contributed by atoms with Gasteiger partial charge in [0.1, 0.15) is 13.2 Å². The molecule has 0 bridgehead atoms. The van der Waals surface area contributed by atoms with Gasteiger partial charge < -0.3 is 14.2 Å². The number of hydrogen-bond donors (Lipinski definition) is 0. The SMILES string of the molecule is CCCCCCCCCCCCCCCCCCCCCC(=O)OC[C@@H](COC(=O)CCCCCCCCCCCCCCCCCCC)OC(=O)CCCCCCCCCCCCCCCCCCCC. The third kappa shape index (κ3) is 59.3. The van der Waals surface area contributed by atoms with E-state index in [9.17, 15) is 14.4 Å². The van der Waals surface area contributed by atoms with E-state index in [0.29, 0.717) is 19.3 Å². The molecule has 0 saturated carbocycles. The molecule has 6 nitrogen and oxygen atoms in total. The van der Waals surface area contributed by atoms with Crippen molar-refractivity contribution in [3.8, 4) is 0 Å². The fourth-order valence-electron chi connectivity index (χ4n) is 10.4. The Labute approximate surface area is 450 Å². The lowest BCUT2D eigenvalue weighted by atomic mass is 10.0. The Balaban J connectivity index is 4.28. The van der Waals surface area contributed by atoms with E-state index in [4.69, 9.17) is 14.2 Å². The second kappa shape index (κ2) is 62.0. The third-order valence-corrected chi connectivity index (χ3v) is 15.4. The van der Waals surface area contributed by atoms with Gasteiger partial charge in [-0.1, -0.05) is 348 Å². The van der Waals surface area contributed by atoms with E-state index in [1.165, 1.54) is 289 Å². The molecule has 0 aromatic rings. The molecule has 0 saturated heterocycles. The molecule has 0 fully saturated rings. The standard InChI is InChI=1S/C66H128O6/c1-4-7-10-13-16-19-22-25-28-31-33-36-38-41-44-47-50-53-56-59-65(68)71-62-63(61-70-64(67)58-55-52-49-46-43-40-37-34-30-27-24-21-18-15-12-9-6-3)72-66(69)60-57-54-51-48-45-42-39-35-32-29-26-23-20-17-14-11-8-5-2/h63H,4-62H2,1-3H3/t63-/m1/s1. The van der Waals surface area contributed by atoms with Gasteiger partial charge in [-0.25, -0.2) is 0 Å². The molecule has 6 heteroatoms. The van der Waals surface area contributed by atoms with Crippen molar-refractivity contribution in [2.45, 2.75) is 393 Å². The number of unbranched alkanes of at least 4 members (excludes halogenated alkanes) is 51. The third-order valence-electron chi connectivity index (χ3n) is 15.4. The van der Waals surface area contributed by atoms with Crippen LogP contribution in [0, 0.1) is 0 Å². The maximum atomic E-state index is 12.9. The highest BCUT2D eigenvalue weighted by atomic mass is 16.6. The van der Waals surface area contributed by atoms with Gasteiger partial charge in [-0.05, 0) is 19.3 Å². The Hall–Kier alpha value is -1.59. The van der Waals surface area contributed by atoms with Crippen LogP contribution in [0.5, 0.6) is 0 Å². The average Bonchev–Trinajstić information content (AvgIpc) is 3.38. The van der Waals surface area contributed by atoms with Crippen molar-refractivity contribution in [3.05, 3.63) is 0 Å². The van der Waals surface area contributed by atoms with Crippen molar-refractivity contribution in [2.75, 3.05) is 13.2 Å². The molecule has 0 radical (unpaired) electrons. The van der Waals surface area contributed by atoms with Crippen LogP contribution in [0.15, 0.2) is 0 Å². The van der Waals surface area contributed by atoms with Crippen LogP contribution in [0.4, 0.5) is 0 Å². The lowest BCUT2D eigenvalue weighted by molar-refractivity contribution is -0.167. The van der Waals surface area contributed by atoms with Gasteiger partial charge in [0.15, 0.2) is 6.10 Å². The predicted octanol–water partition coefficient (Wildman–Crippen LogP) is 22.3. The second-order valence-corrected chi connectivity index (χ2v) is 22.8. The van der Waals surface area contributed by atoms with Crippen LogP contribution in [0.1, 0.15) is 387 Å². The topological polar surface area (TPSA) is 78.9 Å². The highest BCUT2D eigenvalue weighted by Crippen LogP contribution is 2.19. The Kier molecular flexibility index (Phi) is 60.6. The van der Waals surface area contributed by atoms with Crippen LogP contribution in [-0.4, -0.2) is 37.2 Å². The van der Waals surface area contributed by atoms with Crippen LogP contribution in [0.3, 0.4) is 0 Å². The molecule has 0 aromatic carbocycles. The first-order valence-corrected chi connectivity index (χ1v) is 33.0. The quantitative estimate of drug-likeness (QED) is 0.0343. The molecular weight excluding hydrogens is 889 g/mol. The first-order valence-electron chi connectivity index (χ1n) is 33.0. The summed E-state index contributed by atoms with van der Waals surface area (Å²) in [7, 11) is 0. The molecule has 72 heavy (non-hydrogen) atoms. The van der Waals surface area contributed by atoms with E-state index in [2.05, 4.69) is 20.8 Å². The van der Waals surface area contributed by atoms with Gasteiger partial charge in [0.25, 0.3) is 0 Å². The summed E-state index contributed by atoms with van der Waals surface area (Å²) in [5.41, 5.74) is 0.